The van der Waals surface area contributed by atoms with Crippen molar-refractivity contribution in [1.29, 1.82) is 0 Å². The molecule has 0 aliphatic rings. The van der Waals surface area contributed by atoms with Crippen LogP contribution in [0, 0.1) is 12.8 Å². The van der Waals surface area contributed by atoms with Crippen molar-refractivity contribution in [3.63, 3.8) is 0 Å². The second-order valence-electron chi connectivity index (χ2n) is 4.58. The molecule has 0 radical (unpaired) electrons. The Labute approximate surface area is 107 Å². The van der Waals surface area contributed by atoms with Gasteiger partial charge in [0, 0.05) is 6.20 Å². The second kappa shape index (κ2) is 5.48. The molecule has 0 fully saturated rings. The van der Waals surface area contributed by atoms with Crippen molar-refractivity contribution in [1.82, 2.24) is 4.98 Å². The van der Waals surface area contributed by atoms with Crippen molar-refractivity contribution in [3.05, 3.63) is 29.6 Å². The molecular formula is C12H17NO4S. The van der Waals surface area contributed by atoms with Gasteiger partial charge in [0.1, 0.15) is 0 Å². The first-order chi connectivity index (χ1) is 8.25. The summed E-state index contributed by atoms with van der Waals surface area (Å²) in [5.41, 5.74) is 1.15. The maximum Gasteiger partial charge on any atom is 0.322 e. The van der Waals surface area contributed by atoms with Crippen molar-refractivity contribution >= 4 is 15.8 Å². The number of aliphatic carboxylic acids is 1. The van der Waals surface area contributed by atoms with E-state index in [0.717, 1.165) is 5.56 Å². The van der Waals surface area contributed by atoms with Gasteiger partial charge in [0.15, 0.2) is 15.1 Å². The van der Waals surface area contributed by atoms with Crippen LogP contribution in [0.15, 0.2) is 18.3 Å². The molecule has 0 amide bonds. The van der Waals surface area contributed by atoms with Gasteiger partial charge in [0.2, 0.25) is 0 Å². The van der Waals surface area contributed by atoms with E-state index in [4.69, 9.17) is 5.11 Å². The van der Waals surface area contributed by atoms with Crippen LogP contribution in [-0.4, -0.2) is 29.7 Å². The zero-order chi connectivity index (χ0) is 13.9. The number of pyridine rings is 1. The SMILES string of the molecule is Cc1cccnc1CS(=O)(=O)C(C(=O)O)C(C)C. The Kier molecular flexibility index (Phi) is 4.45. The highest BCUT2D eigenvalue weighted by Gasteiger charge is 2.35. The average Bonchev–Trinajstić information content (AvgIpc) is 2.19. The quantitative estimate of drug-likeness (QED) is 0.875. The molecule has 0 saturated heterocycles. The molecule has 0 aliphatic carbocycles. The van der Waals surface area contributed by atoms with Crippen LogP contribution < -0.4 is 0 Å². The van der Waals surface area contributed by atoms with Crippen LogP contribution in [-0.2, 0) is 20.4 Å². The fourth-order valence-corrected chi connectivity index (χ4v) is 3.80. The van der Waals surface area contributed by atoms with E-state index in [1.165, 1.54) is 6.20 Å². The number of hydrogen-bond acceptors (Lipinski definition) is 4. The van der Waals surface area contributed by atoms with Crippen molar-refractivity contribution in [2.45, 2.75) is 31.8 Å². The molecule has 0 aromatic carbocycles. The van der Waals surface area contributed by atoms with Gasteiger partial charge in [0.05, 0.1) is 11.4 Å². The van der Waals surface area contributed by atoms with Gasteiger partial charge in [-0.3, -0.25) is 9.78 Å². The maximum absolute atomic E-state index is 12.1. The van der Waals surface area contributed by atoms with Crippen LogP contribution >= 0.6 is 0 Å². The molecular weight excluding hydrogens is 254 g/mol. The van der Waals surface area contributed by atoms with Gasteiger partial charge in [-0.1, -0.05) is 19.9 Å². The molecule has 1 aromatic rings. The summed E-state index contributed by atoms with van der Waals surface area (Å²) in [6.45, 7) is 4.92. The fraction of sp³-hybridized carbons (Fsp3) is 0.500. The third-order valence-corrected chi connectivity index (χ3v) is 4.89. The number of carbonyl (C=O) groups is 1. The topological polar surface area (TPSA) is 84.3 Å². The number of carboxylic acid groups (broad SMARTS) is 1. The van der Waals surface area contributed by atoms with E-state index in [0.29, 0.717) is 5.69 Å². The summed E-state index contributed by atoms with van der Waals surface area (Å²) in [4.78, 5) is 15.1. The number of carboxylic acids is 1. The molecule has 6 heteroatoms. The molecule has 0 spiro atoms. The van der Waals surface area contributed by atoms with Crippen LogP contribution in [0.1, 0.15) is 25.1 Å². The van der Waals surface area contributed by atoms with E-state index in [1.807, 2.05) is 0 Å². The first kappa shape index (κ1) is 14.6. The van der Waals surface area contributed by atoms with E-state index in [-0.39, 0.29) is 5.75 Å². The van der Waals surface area contributed by atoms with E-state index in [9.17, 15) is 13.2 Å². The standard InChI is InChI=1S/C12H17NO4S/c1-8(2)11(12(14)15)18(16,17)7-10-9(3)5-4-6-13-10/h4-6,8,11H,7H2,1-3H3,(H,14,15). The lowest BCUT2D eigenvalue weighted by Gasteiger charge is -2.17. The molecule has 18 heavy (non-hydrogen) atoms. The largest absolute Gasteiger partial charge is 0.480 e. The molecule has 1 unspecified atom stereocenters. The van der Waals surface area contributed by atoms with Gasteiger partial charge in [-0.2, -0.15) is 0 Å². The molecule has 1 aromatic heterocycles. The van der Waals surface area contributed by atoms with Crippen LogP contribution in [0.5, 0.6) is 0 Å². The third kappa shape index (κ3) is 3.29. The van der Waals surface area contributed by atoms with Gasteiger partial charge in [0.25, 0.3) is 0 Å². The first-order valence-corrected chi connectivity index (χ1v) is 7.32. The Morgan fingerprint density at radius 2 is 2.06 bits per heavy atom. The van der Waals surface area contributed by atoms with Gasteiger partial charge >= 0.3 is 5.97 Å². The number of rotatable bonds is 5. The normalized spacial score (nSPS) is 13.6. The molecule has 1 N–H and O–H groups in total. The minimum atomic E-state index is -3.76. The fourth-order valence-electron chi connectivity index (χ4n) is 1.80. The lowest BCUT2D eigenvalue weighted by molar-refractivity contribution is -0.137. The van der Waals surface area contributed by atoms with Crippen LogP contribution in [0.2, 0.25) is 0 Å². The number of sulfone groups is 1. The molecule has 0 saturated carbocycles. The minimum Gasteiger partial charge on any atom is -0.480 e. The van der Waals surface area contributed by atoms with Crippen LogP contribution in [0.4, 0.5) is 0 Å². The predicted octanol–water partition coefficient (Wildman–Crippen LogP) is 1.41. The van der Waals surface area contributed by atoms with Gasteiger partial charge in [-0.15, -0.1) is 0 Å². The van der Waals surface area contributed by atoms with E-state index in [2.05, 4.69) is 4.98 Å². The smallest absolute Gasteiger partial charge is 0.322 e. The third-order valence-electron chi connectivity index (χ3n) is 2.69. The summed E-state index contributed by atoms with van der Waals surface area (Å²) in [5, 5.41) is 7.64. The van der Waals surface area contributed by atoms with Crippen molar-refractivity contribution in [3.8, 4) is 0 Å². The summed E-state index contributed by atoms with van der Waals surface area (Å²) < 4.78 is 24.2. The Morgan fingerprint density at radius 1 is 1.44 bits per heavy atom. The molecule has 1 atom stereocenters. The van der Waals surface area contributed by atoms with E-state index >= 15 is 0 Å². The van der Waals surface area contributed by atoms with Crippen LogP contribution in [0.25, 0.3) is 0 Å². The summed E-state index contributed by atoms with van der Waals surface area (Å²) in [6, 6.07) is 3.46. The number of hydrogen-bond donors (Lipinski definition) is 1. The van der Waals surface area contributed by atoms with Crippen molar-refractivity contribution in [2.24, 2.45) is 5.92 Å². The zero-order valence-electron chi connectivity index (χ0n) is 10.6. The first-order valence-electron chi connectivity index (χ1n) is 5.60. The highest BCUT2D eigenvalue weighted by Crippen LogP contribution is 2.18. The monoisotopic (exact) mass is 271 g/mol. The number of aromatic nitrogens is 1. The lowest BCUT2D eigenvalue weighted by atomic mass is 10.1. The molecule has 1 heterocycles. The Morgan fingerprint density at radius 3 is 2.50 bits per heavy atom. The summed E-state index contributed by atoms with van der Waals surface area (Å²) >= 11 is 0. The second-order valence-corrected chi connectivity index (χ2v) is 6.70. The van der Waals surface area contributed by atoms with Gasteiger partial charge in [-0.05, 0) is 24.5 Å². The van der Waals surface area contributed by atoms with Crippen LogP contribution in [0.3, 0.4) is 0 Å². The molecule has 1 rings (SSSR count). The maximum atomic E-state index is 12.1. The Bertz CT molecular complexity index is 537. The van der Waals surface area contributed by atoms with E-state index < -0.39 is 27.0 Å². The zero-order valence-corrected chi connectivity index (χ0v) is 11.4. The van der Waals surface area contributed by atoms with Crippen molar-refractivity contribution < 1.29 is 18.3 Å². The number of aryl methyl sites for hydroxylation is 1. The minimum absolute atomic E-state index is 0.338. The molecule has 100 valence electrons. The van der Waals surface area contributed by atoms with Gasteiger partial charge < -0.3 is 5.11 Å². The number of nitrogens with zero attached hydrogens (tertiary/aromatic N) is 1. The predicted molar refractivity (Wildman–Crippen MR) is 67.9 cm³/mol. The highest BCUT2D eigenvalue weighted by molar-refractivity contribution is 7.92. The lowest BCUT2D eigenvalue weighted by Crippen LogP contribution is -2.36. The van der Waals surface area contributed by atoms with Gasteiger partial charge in [-0.25, -0.2) is 8.42 Å². The summed E-state index contributed by atoms with van der Waals surface area (Å²) in [6.07, 6.45) is 1.50. The van der Waals surface area contributed by atoms with E-state index in [1.54, 1.807) is 32.9 Å². The Balaban J connectivity index is 3.08. The average molecular weight is 271 g/mol. The summed E-state index contributed by atoms with van der Waals surface area (Å²) in [5.74, 6) is -2.12. The molecule has 0 aliphatic heterocycles. The van der Waals surface area contributed by atoms with Crippen molar-refractivity contribution in [2.75, 3.05) is 0 Å². The summed E-state index contributed by atoms with van der Waals surface area (Å²) in [7, 11) is -3.76. The molecule has 0 bridgehead atoms. The Hall–Kier alpha value is -1.43. The molecule has 5 nitrogen and oxygen atoms in total. The highest BCUT2D eigenvalue weighted by atomic mass is 32.2.